The van der Waals surface area contributed by atoms with Gasteiger partial charge in [0.1, 0.15) is 0 Å². The van der Waals surface area contributed by atoms with E-state index in [0.717, 1.165) is 6.20 Å². The van der Waals surface area contributed by atoms with Crippen LogP contribution in [0.25, 0.3) is 11.1 Å². The summed E-state index contributed by atoms with van der Waals surface area (Å²) in [5.41, 5.74) is -0.289. The zero-order valence-corrected chi connectivity index (χ0v) is 7.42. The van der Waals surface area contributed by atoms with Gasteiger partial charge in [0, 0.05) is 29.7 Å². The summed E-state index contributed by atoms with van der Waals surface area (Å²) < 4.78 is 37.7. The summed E-state index contributed by atoms with van der Waals surface area (Å²) in [6.45, 7) is 0. The van der Waals surface area contributed by atoms with Crippen molar-refractivity contribution in [2.75, 3.05) is 0 Å². The van der Waals surface area contributed by atoms with E-state index in [9.17, 15) is 13.2 Å². The smallest absolute Gasteiger partial charge is 0.285 e. The molecule has 0 saturated heterocycles. The van der Waals surface area contributed by atoms with E-state index < -0.39 is 11.7 Å². The quantitative estimate of drug-likeness (QED) is 0.790. The maximum atomic E-state index is 12.6. The second-order valence-electron chi connectivity index (χ2n) is 2.91. The second-order valence-corrected chi connectivity index (χ2v) is 2.91. The fourth-order valence-electron chi connectivity index (χ4n) is 1.27. The van der Waals surface area contributed by atoms with Gasteiger partial charge in [0.05, 0.1) is 11.8 Å². The molecule has 0 aliphatic heterocycles. The average molecular weight is 213 g/mol. The van der Waals surface area contributed by atoms with Crippen LogP contribution in [0.15, 0.2) is 30.9 Å². The summed E-state index contributed by atoms with van der Waals surface area (Å²) in [7, 11) is 0. The monoisotopic (exact) mass is 213 g/mol. The van der Waals surface area contributed by atoms with Crippen LogP contribution in [-0.4, -0.2) is 15.2 Å². The minimum absolute atomic E-state index is 0.0752. The van der Waals surface area contributed by atoms with Crippen LogP contribution >= 0.6 is 0 Å². The number of aromatic amines is 1. The van der Waals surface area contributed by atoms with Crippen molar-refractivity contribution in [3.8, 4) is 11.1 Å². The van der Waals surface area contributed by atoms with Gasteiger partial charge in [-0.05, 0) is 6.07 Å². The van der Waals surface area contributed by atoms with E-state index in [1.54, 1.807) is 0 Å². The second kappa shape index (κ2) is 3.38. The third-order valence-corrected chi connectivity index (χ3v) is 1.94. The van der Waals surface area contributed by atoms with Crippen LogP contribution in [0.2, 0.25) is 0 Å². The lowest BCUT2D eigenvalue weighted by molar-refractivity contribution is -0.137. The molecule has 1 N–H and O–H groups in total. The SMILES string of the molecule is FC(F)(F)c1cnccc1-c1cn[nH]c1. The minimum Gasteiger partial charge on any atom is -0.285 e. The van der Waals surface area contributed by atoms with E-state index >= 15 is 0 Å². The highest BCUT2D eigenvalue weighted by Crippen LogP contribution is 2.35. The van der Waals surface area contributed by atoms with E-state index in [-0.39, 0.29) is 5.56 Å². The number of rotatable bonds is 1. The third-order valence-electron chi connectivity index (χ3n) is 1.94. The minimum atomic E-state index is -4.40. The first-order valence-corrected chi connectivity index (χ1v) is 4.09. The molecule has 0 aliphatic carbocycles. The molecule has 0 bridgehead atoms. The van der Waals surface area contributed by atoms with E-state index in [2.05, 4.69) is 15.2 Å². The Morgan fingerprint density at radius 2 is 2.00 bits per heavy atom. The van der Waals surface area contributed by atoms with Crippen LogP contribution in [0.3, 0.4) is 0 Å². The van der Waals surface area contributed by atoms with Gasteiger partial charge in [-0.25, -0.2) is 0 Å². The zero-order valence-electron chi connectivity index (χ0n) is 7.42. The molecule has 3 nitrogen and oxygen atoms in total. The Labute approximate surface area is 83.0 Å². The molecular formula is C9H6F3N3. The highest BCUT2D eigenvalue weighted by Gasteiger charge is 2.34. The van der Waals surface area contributed by atoms with Crippen molar-refractivity contribution in [1.29, 1.82) is 0 Å². The van der Waals surface area contributed by atoms with E-state index in [4.69, 9.17) is 0 Å². The first kappa shape index (κ1) is 9.70. The molecule has 0 radical (unpaired) electrons. The van der Waals surface area contributed by atoms with Gasteiger partial charge in [0.15, 0.2) is 0 Å². The normalized spacial score (nSPS) is 11.7. The molecule has 78 valence electrons. The third kappa shape index (κ3) is 1.83. The molecule has 2 rings (SSSR count). The number of hydrogen-bond acceptors (Lipinski definition) is 2. The molecule has 6 heteroatoms. The number of halogens is 3. The number of H-pyrrole nitrogens is 1. The van der Waals surface area contributed by atoms with Crippen LogP contribution in [0.5, 0.6) is 0 Å². The molecule has 2 aromatic rings. The van der Waals surface area contributed by atoms with Gasteiger partial charge < -0.3 is 0 Å². The predicted molar refractivity (Wildman–Crippen MR) is 46.8 cm³/mol. The maximum absolute atomic E-state index is 12.6. The molecule has 0 unspecified atom stereocenters. The number of hydrogen-bond donors (Lipinski definition) is 1. The van der Waals surface area contributed by atoms with Gasteiger partial charge in [-0.15, -0.1) is 0 Å². The summed E-state index contributed by atoms with van der Waals surface area (Å²) in [6, 6.07) is 1.31. The van der Waals surface area contributed by atoms with Crippen LogP contribution in [-0.2, 0) is 6.18 Å². The average Bonchev–Trinajstić information content (AvgIpc) is 2.69. The Hall–Kier alpha value is -1.85. The first-order valence-electron chi connectivity index (χ1n) is 4.09. The summed E-state index contributed by atoms with van der Waals surface area (Å²) in [5, 5.41) is 6.08. The molecule has 15 heavy (non-hydrogen) atoms. The van der Waals surface area contributed by atoms with Crippen molar-refractivity contribution in [2.24, 2.45) is 0 Å². The van der Waals surface area contributed by atoms with Crippen molar-refractivity contribution in [1.82, 2.24) is 15.2 Å². The molecule has 0 spiro atoms. The van der Waals surface area contributed by atoms with Gasteiger partial charge in [-0.1, -0.05) is 0 Å². The molecule has 0 aliphatic rings. The Bertz CT molecular complexity index is 448. The number of alkyl halides is 3. The molecule has 2 aromatic heterocycles. The summed E-state index contributed by atoms with van der Waals surface area (Å²) in [5.74, 6) is 0. The van der Waals surface area contributed by atoms with E-state index in [0.29, 0.717) is 5.56 Å². The van der Waals surface area contributed by atoms with Gasteiger partial charge in [0.2, 0.25) is 0 Å². The van der Waals surface area contributed by atoms with Gasteiger partial charge >= 0.3 is 6.18 Å². The Morgan fingerprint density at radius 3 is 2.60 bits per heavy atom. The van der Waals surface area contributed by atoms with Crippen molar-refractivity contribution in [3.05, 3.63) is 36.4 Å². The van der Waals surface area contributed by atoms with Crippen LogP contribution in [0, 0.1) is 0 Å². The highest BCUT2D eigenvalue weighted by molar-refractivity contribution is 5.65. The topological polar surface area (TPSA) is 41.6 Å². The van der Waals surface area contributed by atoms with Crippen molar-refractivity contribution in [3.63, 3.8) is 0 Å². The predicted octanol–water partition coefficient (Wildman–Crippen LogP) is 2.49. The number of nitrogens with one attached hydrogen (secondary N) is 1. The van der Waals surface area contributed by atoms with E-state index in [1.165, 1.54) is 24.7 Å². The standard InChI is InChI=1S/C9H6F3N3/c10-9(11,12)8-5-13-2-1-7(8)6-3-14-15-4-6/h1-5H,(H,14,15). The van der Waals surface area contributed by atoms with Crippen molar-refractivity contribution in [2.45, 2.75) is 6.18 Å². The maximum Gasteiger partial charge on any atom is 0.418 e. The molecular weight excluding hydrogens is 207 g/mol. The summed E-state index contributed by atoms with van der Waals surface area (Å²) in [6.07, 6.45) is 0.468. The zero-order chi connectivity index (χ0) is 10.9. The molecule has 2 heterocycles. The summed E-state index contributed by atoms with van der Waals surface area (Å²) >= 11 is 0. The Balaban J connectivity index is 2.58. The molecule has 0 saturated carbocycles. The summed E-state index contributed by atoms with van der Waals surface area (Å²) in [4.78, 5) is 3.47. The largest absolute Gasteiger partial charge is 0.418 e. The lowest BCUT2D eigenvalue weighted by atomic mass is 10.1. The molecule has 0 amide bonds. The number of aromatic nitrogens is 3. The highest BCUT2D eigenvalue weighted by atomic mass is 19.4. The van der Waals surface area contributed by atoms with Crippen molar-refractivity contribution < 1.29 is 13.2 Å². The molecule has 0 fully saturated rings. The van der Waals surface area contributed by atoms with Gasteiger partial charge in [-0.3, -0.25) is 10.1 Å². The Morgan fingerprint density at radius 1 is 1.20 bits per heavy atom. The van der Waals surface area contributed by atoms with Crippen LogP contribution in [0.1, 0.15) is 5.56 Å². The van der Waals surface area contributed by atoms with E-state index in [1.807, 2.05) is 0 Å². The first-order chi connectivity index (χ1) is 7.09. The number of pyridine rings is 1. The van der Waals surface area contributed by atoms with Crippen LogP contribution in [0.4, 0.5) is 13.2 Å². The fourth-order valence-corrected chi connectivity index (χ4v) is 1.27. The lowest BCUT2D eigenvalue weighted by Crippen LogP contribution is -2.07. The fraction of sp³-hybridized carbons (Fsp3) is 0.111. The Kier molecular flexibility index (Phi) is 2.18. The lowest BCUT2D eigenvalue weighted by Gasteiger charge is -2.10. The van der Waals surface area contributed by atoms with Crippen molar-refractivity contribution >= 4 is 0 Å². The van der Waals surface area contributed by atoms with Gasteiger partial charge in [0.25, 0.3) is 0 Å². The molecule has 0 aromatic carbocycles. The van der Waals surface area contributed by atoms with Crippen LogP contribution < -0.4 is 0 Å². The van der Waals surface area contributed by atoms with Gasteiger partial charge in [-0.2, -0.15) is 18.3 Å². The number of nitrogens with zero attached hydrogens (tertiary/aromatic N) is 2. The molecule has 0 atom stereocenters.